The number of hydrogen-bond donors (Lipinski definition) is 1. The molecular formula is C14H18N2O3. The monoisotopic (exact) mass is 262 g/mol. The van der Waals surface area contributed by atoms with Crippen LogP contribution in [0.3, 0.4) is 0 Å². The van der Waals surface area contributed by atoms with Gasteiger partial charge in [-0.15, -0.1) is 0 Å². The third-order valence-electron chi connectivity index (χ3n) is 4.04. The predicted octanol–water partition coefficient (Wildman–Crippen LogP) is 2.11. The van der Waals surface area contributed by atoms with Crippen molar-refractivity contribution in [2.75, 3.05) is 13.2 Å². The minimum atomic E-state index is -0.352. The van der Waals surface area contributed by atoms with E-state index in [2.05, 4.69) is 5.32 Å². The van der Waals surface area contributed by atoms with Gasteiger partial charge in [0.2, 0.25) is 0 Å². The standard InChI is InChI=1S/C14H18N2O3/c17-16(18)12-3-1-2-10(6-12)7-15-14-9-19-8-13(14)11-4-5-11/h1-3,6,11,13-15H,4-5,7-9H2. The third-order valence-corrected chi connectivity index (χ3v) is 4.04. The molecule has 102 valence electrons. The molecule has 0 amide bonds. The summed E-state index contributed by atoms with van der Waals surface area (Å²) < 4.78 is 5.55. The maximum atomic E-state index is 10.7. The van der Waals surface area contributed by atoms with Crippen molar-refractivity contribution in [1.82, 2.24) is 5.32 Å². The molecule has 0 radical (unpaired) electrons. The molecule has 1 heterocycles. The highest BCUT2D eigenvalue weighted by atomic mass is 16.6. The maximum Gasteiger partial charge on any atom is 0.269 e. The van der Waals surface area contributed by atoms with Crippen LogP contribution in [0.4, 0.5) is 5.69 Å². The van der Waals surface area contributed by atoms with Crippen LogP contribution in [0.15, 0.2) is 24.3 Å². The fourth-order valence-corrected chi connectivity index (χ4v) is 2.80. The lowest BCUT2D eigenvalue weighted by Gasteiger charge is -2.18. The van der Waals surface area contributed by atoms with E-state index in [0.717, 1.165) is 24.7 Å². The van der Waals surface area contributed by atoms with E-state index in [0.29, 0.717) is 18.5 Å². The summed E-state index contributed by atoms with van der Waals surface area (Å²) in [7, 11) is 0. The molecule has 2 unspecified atom stereocenters. The van der Waals surface area contributed by atoms with Gasteiger partial charge in [-0.1, -0.05) is 12.1 Å². The molecule has 2 fully saturated rings. The van der Waals surface area contributed by atoms with Crippen LogP contribution < -0.4 is 5.32 Å². The van der Waals surface area contributed by atoms with Gasteiger partial charge in [-0.25, -0.2) is 0 Å². The van der Waals surface area contributed by atoms with Crippen molar-refractivity contribution in [2.24, 2.45) is 11.8 Å². The molecule has 1 aromatic rings. The van der Waals surface area contributed by atoms with Crippen molar-refractivity contribution in [3.05, 3.63) is 39.9 Å². The van der Waals surface area contributed by atoms with Crippen LogP contribution in [0.1, 0.15) is 18.4 Å². The maximum absolute atomic E-state index is 10.7. The topological polar surface area (TPSA) is 64.4 Å². The van der Waals surface area contributed by atoms with Gasteiger partial charge < -0.3 is 10.1 Å². The number of rotatable bonds is 5. The molecule has 1 saturated heterocycles. The van der Waals surface area contributed by atoms with E-state index >= 15 is 0 Å². The van der Waals surface area contributed by atoms with Gasteiger partial charge in [-0.3, -0.25) is 10.1 Å². The molecule has 1 saturated carbocycles. The summed E-state index contributed by atoms with van der Waals surface area (Å²) in [5.41, 5.74) is 1.11. The first-order valence-electron chi connectivity index (χ1n) is 6.78. The van der Waals surface area contributed by atoms with Crippen molar-refractivity contribution in [3.63, 3.8) is 0 Å². The van der Waals surface area contributed by atoms with E-state index in [1.165, 1.54) is 18.9 Å². The third kappa shape index (κ3) is 2.93. The Morgan fingerprint density at radius 1 is 1.37 bits per heavy atom. The van der Waals surface area contributed by atoms with Crippen molar-refractivity contribution in [1.29, 1.82) is 0 Å². The lowest BCUT2D eigenvalue weighted by molar-refractivity contribution is -0.384. The van der Waals surface area contributed by atoms with Crippen LogP contribution in [0, 0.1) is 22.0 Å². The van der Waals surface area contributed by atoms with Crippen LogP contribution in [-0.2, 0) is 11.3 Å². The smallest absolute Gasteiger partial charge is 0.269 e. The van der Waals surface area contributed by atoms with Crippen molar-refractivity contribution < 1.29 is 9.66 Å². The molecule has 1 aliphatic carbocycles. The van der Waals surface area contributed by atoms with Crippen molar-refractivity contribution in [3.8, 4) is 0 Å². The summed E-state index contributed by atoms with van der Waals surface area (Å²) in [5, 5.41) is 14.2. The Morgan fingerprint density at radius 3 is 2.95 bits per heavy atom. The average Bonchev–Trinajstić information content (AvgIpc) is 3.16. The number of nitrogens with one attached hydrogen (secondary N) is 1. The highest BCUT2D eigenvalue weighted by molar-refractivity contribution is 5.34. The summed E-state index contributed by atoms with van der Waals surface area (Å²) in [4.78, 5) is 10.4. The zero-order valence-corrected chi connectivity index (χ0v) is 10.7. The molecule has 0 spiro atoms. The van der Waals surface area contributed by atoms with Crippen LogP contribution in [-0.4, -0.2) is 24.2 Å². The van der Waals surface area contributed by atoms with E-state index < -0.39 is 0 Å². The Bertz CT molecular complexity index is 474. The van der Waals surface area contributed by atoms with Crippen LogP contribution in [0.2, 0.25) is 0 Å². The Morgan fingerprint density at radius 2 is 2.21 bits per heavy atom. The Kier molecular flexibility index (Phi) is 3.48. The van der Waals surface area contributed by atoms with Gasteiger partial charge in [-0.05, 0) is 24.3 Å². The zero-order chi connectivity index (χ0) is 13.2. The first kappa shape index (κ1) is 12.6. The van der Waals surface area contributed by atoms with Gasteiger partial charge in [0, 0.05) is 30.6 Å². The number of non-ortho nitro benzene ring substituents is 1. The predicted molar refractivity (Wildman–Crippen MR) is 70.8 cm³/mol. The Hall–Kier alpha value is -1.46. The summed E-state index contributed by atoms with van der Waals surface area (Å²) in [6.45, 7) is 2.28. The van der Waals surface area contributed by atoms with Crippen LogP contribution in [0.25, 0.3) is 0 Å². The van der Waals surface area contributed by atoms with Gasteiger partial charge in [0.25, 0.3) is 5.69 Å². The second kappa shape index (κ2) is 5.27. The van der Waals surface area contributed by atoms with Gasteiger partial charge in [-0.2, -0.15) is 0 Å². The minimum absolute atomic E-state index is 0.153. The molecule has 0 aromatic heterocycles. The molecule has 0 bridgehead atoms. The van der Waals surface area contributed by atoms with E-state index in [1.807, 2.05) is 6.07 Å². The van der Waals surface area contributed by atoms with Crippen molar-refractivity contribution in [2.45, 2.75) is 25.4 Å². The molecule has 1 aromatic carbocycles. The lowest BCUT2D eigenvalue weighted by atomic mass is 9.98. The van der Waals surface area contributed by atoms with Gasteiger partial charge >= 0.3 is 0 Å². The van der Waals surface area contributed by atoms with E-state index in [1.54, 1.807) is 12.1 Å². The highest BCUT2D eigenvalue weighted by Crippen LogP contribution is 2.40. The molecular weight excluding hydrogens is 244 g/mol. The average molecular weight is 262 g/mol. The fourth-order valence-electron chi connectivity index (χ4n) is 2.80. The van der Waals surface area contributed by atoms with Gasteiger partial charge in [0.05, 0.1) is 18.1 Å². The van der Waals surface area contributed by atoms with E-state index in [4.69, 9.17) is 4.74 Å². The molecule has 19 heavy (non-hydrogen) atoms. The van der Waals surface area contributed by atoms with Gasteiger partial charge in [0.15, 0.2) is 0 Å². The number of benzene rings is 1. The second-order valence-corrected chi connectivity index (χ2v) is 5.45. The van der Waals surface area contributed by atoms with Crippen LogP contribution >= 0.6 is 0 Å². The molecule has 1 aliphatic heterocycles. The molecule has 1 N–H and O–H groups in total. The summed E-state index contributed by atoms with van der Waals surface area (Å²) in [6.07, 6.45) is 2.64. The molecule has 3 rings (SSSR count). The first-order valence-corrected chi connectivity index (χ1v) is 6.78. The van der Waals surface area contributed by atoms with Crippen molar-refractivity contribution >= 4 is 5.69 Å². The van der Waals surface area contributed by atoms with E-state index in [9.17, 15) is 10.1 Å². The lowest BCUT2D eigenvalue weighted by Crippen LogP contribution is -2.36. The second-order valence-electron chi connectivity index (χ2n) is 5.45. The normalized spacial score (nSPS) is 26.5. The number of nitrogens with zero attached hydrogens (tertiary/aromatic N) is 1. The first-order chi connectivity index (χ1) is 9.24. The van der Waals surface area contributed by atoms with E-state index in [-0.39, 0.29) is 10.6 Å². The highest BCUT2D eigenvalue weighted by Gasteiger charge is 2.39. The zero-order valence-electron chi connectivity index (χ0n) is 10.7. The molecule has 2 atom stereocenters. The largest absolute Gasteiger partial charge is 0.379 e. The minimum Gasteiger partial charge on any atom is -0.379 e. The quantitative estimate of drug-likeness (QED) is 0.652. The SMILES string of the molecule is O=[N+]([O-])c1cccc(CNC2COCC2C2CC2)c1. The summed E-state index contributed by atoms with van der Waals surface area (Å²) in [6, 6.07) is 7.21. The molecule has 5 nitrogen and oxygen atoms in total. The summed E-state index contributed by atoms with van der Waals surface area (Å²) >= 11 is 0. The number of hydrogen-bond acceptors (Lipinski definition) is 4. The fraction of sp³-hybridized carbons (Fsp3) is 0.571. The van der Waals surface area contributed by atoms with Crippen LogP contribution in [0.5, 0.6) is 0 Å². The molecule has 5 heteroatoms. The molecule has 2 aliphatic rings. The number of nitro benzene ring substituents is 1. The van der Waals surface area contributed by atoms with Gasteiger partial charge in [0.1, 0.15) is 0 Å². The Balaban J connectivity index is 1.59. The Labute approximate surface area is 112 Å². The number of nitro groups is 1. The number of ether oxygens (including phenoxy) is 1. The summed E-state index contributed by atoms with van der Waals surface area (Å²) in [5.74, 6) is 1.45.